The van der Waals surface area contributed by atoms with E-state index in [0.29, 0.717) is 5.92 Å². The first-order chi connectivity index (χ1) is 11.9. The van der Waals surface area contributed by atoms with E-state index >= 15 is 0 Å². The summed E-state index contributed by atoms with van der Waals surface area (Å²) in [6, 6.07) is 10.8. The van der Waals surface area contributed by atoms with Crippen molar-refractivity contribution in [3.8, 4) is 0 Å². The molecule has 1 saturated heterocycles. The standard InChI is InChI=1S/C23H28O2/c1-16(2)18-22(19(24)25-18)15-21-12-8-7-11-20(21,3)23(22,14-13-21)17-9-5-4-6-10-17/h4-6,9-10,13-14,16,18H,7-8,11-12,15H2,1-3H3/t18-,20+,21+,22-,23+/m1/s1. The maximum atomic E-state index is 13.2. The number of fused-ring (bicyclic) bond motifs is 1. The van der Waals surface area contributed by atoms with Crippen LogP contribution in [0.1, 0.15) is 58.4 Å². The van der Waals surface area contributed by atoms with E-state index in [1.54, 1.807) is 0 Å². The van der Waals surface area contributed by atoms with Crippen LogP contribution in [0.2, 0.25) is 0 Å². The molecule has 4 aliphatic rings. The Balaban J connectivity index is 1.82. The minimum absolute atomic E-state index is 0.0319. The van der Waals surface area contributed by atoms with Gasteiger partial charge in [0.15, 0.2) is 0 Å². The van der Waals surface area contributed by atoms with Gasteiger partial charge in [-0.1, -0.05) is 76.1 Å². The Morgan fingerprint density at radius 1 is 1.08 bits per heavy atom. The van der Waals surface area contributed by atoms with E-state index in [2.05, 4.69) is 63.3 Å². The van der Waals surface area contributed by atoms with Crippen LogP contribution in [-0.4, -0.2) is 12.1 Å². The van der Waals surface area contributed by atoms with Crippen LogP contribution in [-0.2, 0) is 14.9 Å². The molecule has 2 bridgehead atoms. The summed E-state index contributed by atoms with van der Waals surface area (Å²) in [6.45, 7) is 6.88. The predicted octanol–water partition coefficient (Wildman–Crippen LogP) is 5.03. The number of cyclic esters (lactones) is 1. The molecule has 1 aliphatic heterocycles. The van der Waals surface area contributed by atoms with Crippen molar-refractivity contribution in [1.82, 2.24) is 0 Å². The summed E-state index contributed by atoms with van der Waals surface area (Å²) in [5, 5.41) is 0. The van der Waals surface area contributed by atoms with Gasteiger partial charge in [-0.2, -0.15) is 0 Å². The molecule has 1 aromatic rings. The Hall–Kier alpha value is -1.57. The first kappa shape index (κ1) is 15.7. The van der Waals surface area contributed by atoms with Crippen molar-refractivity contribution < 1.29 is 9.53 Å². The number of hydrogen-bond donors (Lipinski definition) is 0. The third-order valence-corrected chi connectivity index (χ3v) is 8.39. The summed E-state index contributed by atoms with van der Waals surface area (Å²) < 4.78 is 5.81. The molecule has 2 saturated carbocycles. The van der Waals surface area contributed by atoms with Crippen LogP contribution in [0.15, 0.2) is 42.5 Å². The van der Waals surface area contributed by atoms with Gasteiger partial charge in [0.2, 0.25) is 0 Å². The molecule has 0 unspecified atom stereocenters. The number of carbonyl (C=O) groups excluding carboxylic acids is 1. The van der Waals surface area contributed by atoms with Crippen LogP contribution >= 0.6 is 0 Å². The average Bonchev–Trinajstić information content (AvgIpc) is 3.01. The van der Waals surface area contributed by atoms with Gasteiger partial charge in [-0.15, -0.1) is 0 Å². The van der Waals surface area contributed by atoms with E-state index in [1.165, 1.54) is 31.2 Å². The summed E-state index contributed by atoms with van der Waals surface area (Å²) in [5.74, 6) is 0.405. The van der Waals surface area contributed by atoms with Gasteiger partial charge in [0.1, 0.15) is 11.5 Å². The van der Waals surface area contributed by atoms with Crippen molar-refractivity contribution in [2.24, 2.45) is 22.2 Å². The summed E-state index contributed by atoms with van der Waals surface area (Å²) in [4.78, 5) is 13.2. The van der Waals surface area contributed by atoms with Gasteiger partial charge in [0.25, 0.3) is 0 Å². The zero-order valence-electron chi connectivity index (χ0n) is 15.5. The Labute approximate surface area is 150 Å². The van der Waals surface area contributed by atoms with Crippen molar-refractivity contribution in [2.45, 2.75) is 64.4 Å². The molecule has 3 fully saturated rings. The van der Waals surface area contributed by atoms with E-state index in [4.69, 9.17) is 4.74 Å². The first-order valence-corrected chi connectivity index (χ1v) is 9.91. The molecule has 1 heterocycles. The summed E-state index contributed by atoms with van der Waals surface area (Å²) >= 11 is 0. The number of rotatable bonds is 2. The minimum Gasteiger partial charge on any atom is -0.460 e. The second-order valence-electron chi connectivity index (χ2n) is 9.42. The molecule has 25 heavy (non-hydrogen) atoms. The molecule has 1 spiro atoms. The van der Waals surface area contributed by atoms with Crippen LogP contribution in [0.5, 0.6) is 0 Å². The fourth-order valence-electron chi connectivity index (χ4n) is 7.41. The molecule has 2 nitrogen and oxygen atoms in total. The normalized spacial score (nSPS) is 47.0. The van der Waals surface area contributed by atoms with Crippen molar-refractivity contribution in [2.75, 3.05) is 0 Å². The number of hydrogen-bond acceptors (Lipinski definition) is 2. The fraction of sp³-hybridized carbons (Fsp3) is 0.609. The highest BCUT2D eigenvalue weighted by Crippen LogP contribution is 2.82. The lowest BCUT2D eigenvalue weighted by molar-refractivity contribution is -0.226. The maximum Gasteiger partial charge on any atom is 0.317 e. The van der Waals surface area contributed by atoms with Crippen LogP contribution in [0, 0.1) is 22.2 Å². The third-order valence-electron chi connectivity index (χ3n) is 8.39. The summed E-state index contributed by atoms with van der Waals surface area (Å²) in [6.07, 6.45) is 10.9. The van der Waals surface area contributed by atoms with Gasteiger partial charge in [0, 0.05) is 5.41 Å². The van der Waals surface area contributed by atoms with Crippen LogP contribution in [0.4, 0.5) is 0 Å². The Morgan fingerprint density at radius 3 is 2.48 bits per heavy atom. The quantitative estimate of drug-likeness (QED) is 0.559. The van der Waals surface area contributed by atoms with Crippen LogP contribution in [0.3, 0.4) is 0 Å². The number of benzene rings is 1. The van der Waals surface area contributed by atoms with Crippen LogP contribution in [0.25, 0.3) is 0 Å². The largest absolute Gasteiger partial charge is 0.460 e. The number of allylic oxidation sites excluding steroid dienone is 2. The van der Waals surface area contributed by atoms with Gasteiger partial charge >= 0.3 is 5.97 Å². The van der Waals surface area contributed by atoms with E-state index in [9.17, 15) is 4.79 Å². The van der Waals surface area contributed by atoms with E-state index in [-0.39, 0.29) is 33.7 Å². The molecule has 5 rings (SSSR count). The molecule has 3 aliphatic carbocycles. The zero-order valence-corrected chi connectivity index (χ0v) is 15.5. The molecular weight excluding hydrogens is 308 g/mol. The second kappa shape index (κ2) is 4.58. The van der Waals surface area contributed by atoms with Crippen molar-refractivity contribution in [3.05, 3.63) is 48.0 Å². The highest BCUT2D eigenvalue weighted by atomic mass is 16.6. The van der Waals surface area contributed by atoms with Gasteiger partial charge in [0.05, 0.1) is 0 Å². The molecule has 2 heteroatoms. The lowest BCUT2D eigenvalue weighted by Crippen LogP contribution is -2.68. The van der Waals surface area contributed by atoms with E-state index in [0.717, 1.165) is 6.42 Å². The maximum absolute atomic E-state index is 13.2. The van der Waals surface area contributed by atoms with Gasteiger partial charge in [-0.05, 0) is 41.6 Å². The molecule has 0 amide bonds. The first-order valence-electron chi connectivity index (χ1n) is 9.91. The Bertz CT molecular complexity index is 766. The SMILES string of the molecule is CC(C)[C@H]1OC(=O)[C@@]12C[C@]13C=C[C@]2(c2ccccc2)[C@@]1(C)CCCC3. The zero-order chi connectivity index (χ0) is 17.5. The highest BCUT2D eigenvalue weighted by Gasteiger charge is 2.85. The molecule has 5 atom stereocenters. The molecule has 0 N–H and O–H groups in total. The monoisotopic (exact) mass is 336 g/mol. The topological polar surface area (TPSA) is 26.3 Å². The lowest BCUT2D eigenvalue weighted by atomic mass is 9.48. The van der Waals surface area contributed by atoms with Crippen molar-refractivity contribution in [3.63, 3.8) is 0 Å². The van der Waals surface area contributed by atoms with Gasteiger partial charge < -0.3 is 4.74 Å². The predicted molar refractivity (Wildman–Crippen MR) is 98.0 cm³/mol. The highest BCUT2D eigenvalue weighted by molar-refractivity contribution is 5.89. The molecule has 132 valence electrons. The van der Waals surface area contributed by atoms with E-state index < -0.39 is 0 Å². The number of ether oxygens (including phenoxy) is 1. The minimum atomic E-state index is -0.379. The molecule has 0 aromatic heterocycles. The Kier molecular flexibility index (Phi) is 2.87. The lowest BCUT2D eigenvalue weighted by Gasteiger charge is -2.58. The van der Waals surface area contributed by atoms with Gasteiger partial charge in [-0.25, -0.2) is 0 Å². The average molecular weight is 336 g/mol. The molecule has 0 radical (unpaired) electrons. The van der Waals surface area contributed by atoms with Crippen molar-refractivity contribution in [1.29, 1.82) is 0 Å². The van der Waals surface area contributed by atoms with E-state index in [1.807, 2.05) is 0 Å². The number of carbonyl (C=O) groups is 1. The third kappa shape index (κ3) is 1.41. The van der Waals surface area contributed by atoms with Gasteiger partial charge in [-0.3, -0.25) is 4.79 Å². The Morgan fingerprint density at radius 2 is 1.80 bits per heavy atom. The molecule has 1 aromatic carbocycles. The molecular formula is C23H28O2. The van der Waals surface area contributed by atoms with Crippen molar-refractivity contribution >= 4 is 5.97 Å². The second-order valence-corrected chi connectivity index (χ2v) is 9.42. The summed E-state index contributed by atoms with van der Waals surface area (Å²) in [5.41, 5.74) is 1.000. The smallest absolute Gasteiger partial charge is 0.317 e. The summed E-state index contributed by atoms with van der Waals surface area (Å²) in [7, 11) is 0. The number of esters is 1. The fourth-order valence-corrected chi connectivity index (χ4v) is 7.41. The van der Waals surface area contributed by atoms with Crippen LogP contribution < -0.4 is 0 Å².